The van der Waals surface area contributed by atoms with Crippen LogP contribution < -0.4 is 4.90 Å². The van der Waals surface area contributed by atoms with E-state index in [-0.39, 0.29) is 11.1 Å². The van der Waals surface area contributed by atoms with Gasteiger partial charge in [-0.15, -0.1) is 0 Å². The molecule has 0 aliphatic carbocycles. The molecule has 8 aromatic rings. The summed E-state index contributed by atoms with van der Waals surface area (Å²) in [5, 5.41) is 23.0. The average Bonchev–Trinajstić information content (AvgIpc) is 3.55. The number of rotatable bonds is 4. The number of aromatic nitrogens is 1. The summed E-state index contributed by atoms with van der Waals surface area (Å²) in [5.41, 5.74) is 12.6. The predicted molar refractivity (Wildman–Crippen MR) is 214 cm³/mol. The van der Waals surface area contributed by atoms with Crippen molar-refractivity contribution in [3.05, 3.63) is 185 Å². The third-order valence-electron chi connectivity index (χ3n) is 10.6. The van der Waals surface area contributed by atoms with Crippen LogP contribution in [0.5, 0.6) is 0 Å². The molecular weight excluding hydrogens is 647 g/mol. The van der Waals surface area contributed by atoms with Crippen LogP contribution in [0.1, 0.15) is 36.1 Å². The van der Waals surface area contributed by atoms with Gasteiger partial charge in [-0.1, -0.05) is 111 Å². The number of para-hydroxylation sites is 4. The molecule has 5 nitrogen and oxygen atoms in total. The van der Waals surface area contributed by atoms with Crippen LogP contribution in [0.25, 0.3) is 54.6 Å². The van der Waals surface area contributed by atoms with Gasteiger partial charge in [0.15, 0.2) is 5.69 Å². The molecule has 7 aromatic carbocycles. The molecule has 0 unspecified atom stereocenters. The van der Waals surface area contributed by atoms with Gasteiger partial charge in [0.2, 0.25) is 0 Å². The molecule has 5 heteroatoms. The van der Waals surface area contributed by atoms with Gasteiger partial charge in [-0.3, -0.25) is 0 Å². The number of benzene rings is 7. The number of fused-ring (bicyclic) bond motifs is 5. The highest BCUT2D eigenvalue weighted by molar-refractivity contribution is 6.09. The van der Waals surface area contributed by atoms with Crippen molar-refractivity contribution >= 4 is 44.6 Å². The molecule has 2 heterocycles. The molecule has 1 aliphatic heterocycles. The van der Waals surface area contributed by atoms with E-state index in [9.17, 15) is 10.5 Å². The topological polar surface area (TPSA) is 60.1 Å². The molecule has 0 radical (unpaired) electrons. The second-order valence-corrected chi connectivity index (χ2v) is 13.9. The first kappa shape index (κ1) is 31.6. The summed E-state index contributed by atoms with van der Waals surface area (Å²) in [4.78, 5) is 5.91. The Bertz CT molecular complexity index is 2790. The average molecular weight is 678 g/mol. The summed E-state index contributed by atoms with van der Waals surface area (Å²) in [6.07, 6.45) is 0. The highest BCUT2D eigenvalue weighted by Gasteiger charge is 2.36. The molecule has 0 spiro atoms. The van der Waals surface area contributed by atoms with Crippen molar-refractivity contribution in [2.24, 2.45) is 0 Å². The van der Waals surface area contributed by atoms with E-state index in [1.807, 2.05) is 18.2 Å². The Labute approximate surface area is 308 Å². The maximum Gasteiger partial charge on any atom is 0.189 e. The van der Waals surface area contributed by atoms with E-state index >= 15 is 0 Å². The number of nitrogens with zero attached hydrogens (tertiary/aromatic N) is 5. The molecule has 53 heavy (non-hydrogen) atoms. The van der Waals surface area contributed by atoms with E-state index in [1.54, 1.807) is 12.1 Å². The molecule has 1 aliphatic rings. The van der Waals surface area contributed by atoms with Crippen LogP contribution in [0.4, 0.5) is 22.7 Å². The third-order valence-corrected chi connectivity index (χ3v) is 10.6. The normalized spacial score (nSPS) is 12.8. The minimum Gasteiger partial charge on any atom is -0.310 e. The standard InChI is InChI=1S/C48H31N5/c1-48(2)41-18-8-12-22-45(41)53(46-23-13-9-19-42(46)48)36-27-31(26-35(28-36)52-43-20-10-6-15-38(43)39-16-7-11-21-44(39)52)37-14-4-5-17-40(37)47-32(29-49)24-34(51-3)25-33(47)30-50/h4-28H,1-2H3. The van der Waals surface area contributed by atoms with E-state index in [2.05, 4.69) is 162 Å². The van der Waals surface area contributed by atoms with E-state index in [4.69, 9.17) is 6.57 Å². The summed E-state index contributed by atoms with van der Waals surface area (Å²) >= 11 is 0. The summed E-state index contributed by atoms with van der Waals surface area (Å²) in [7, 11) is 0. The number of nitriles is 2. The van der Waals surface area contributed by atoms with Crippen LogP contribution in [-0.4, -0.2) is 4.57 Å². The van der Waals surface area contributed by atoms with Crippen LogP contribution in [0.15, 0.2) is 152 Å². The Morgan fingerprint density at radius 3 is 1.62 bits per heavy atom. The van der Waals surface area contributed by atoms with Crippen LogP contribution in [-0.2, 0) is 5.41 Å². The monoisotopic (exact) mass is 677 g/mol. The van der Waals surface area contributed by atoms with Crippen molar-refractivity contribution in [3.8, 4) is 40.1 Å². The highest BCUT2D eigenvalue weighted by atomic mass is 15.2. The Balaban J connectivity index is 1.39. The fourth-order valence-electron chi connectivity index (χ4n) is 8.27. The lowest BCUT2D eigenvalue weighted by atomic mass is 9.73. The molecule has 9 rings (SSSR count). The van der Waals surface area contributed by atoms with Crippen molar-refractivity contribution in [1.82, 2.24) is 4.57 Å². The minimum atomic E-state index is -0.220. The second-order valence-electron chi connectivity index (χ2n) is 13.9. The third kappa shape index (κ3) is 4.82. The van der Waals surface area contributed by atoms with Gasteiger partial charge >= 0.3 is 0 Å². The molecule has 0 N–H and O–H groups in total. The lowest BCUT2D eigenvalue weighted by Gasteiger charge is -2.42. The SMILES string of the molecule is [C-]#[N+]c1cc(C#N)c(-c2ccccc2-c2cc(N3c4ccccc4C(C)(C)c4ccccc43)cc(-n3c4ccccc4c4ccccc43)c2)c(C#N)c1. The summed E-state index contributed by atoms with van der Waals surface area (Å²) in [5.74, 6) is 0. The first-order valence-electron chi connectivity index (χ1n) is 17.5. The van der Waals surface area contributed by atoms with E-state index in [0.717, 1.165) is 50.5 Å². The summed E-state index contributed by atoms with van der Waals surface area (Å²) < 4.78 is 2.33. The lowest BCUT2D eigenvalue weighted by Crippen LogP contribution is -2.30. The van der Waals surface area contributed by atoms with Crippen LogP contribution in [0.3, 0.4) is 0 Å². The number of hydrogen-bond acceptors (Lipinski definition) is 3. The maximum absolute atomic E-state index is 10.3. The van der Waals surface area contributed by atoms with E-state index < -0.39 is 0 Å². The van der Waals surface area contributed by atoms with Crippen LogP contribution >= 0.6 is 0 Å². The first-order valence-corrected chi connectivity index (χ1v) is 17.5. The predicted octanol–water partition coefficient (Wildman–Crippen LogP) is 12.5. The summed E-state index contributed by atoms with van der Waals surface area (Å²) in [6, 6.07) is 56.6. The molecule has 0 saturated carbocycles. The molecule has 0 fully saturated rings. The second kappa shape index (κ2) is 12.1. The first-order chi connectivity index (χ1) is 25.9. The zero-order chi connectivity index (χ0) is 36.3. The molecule has 0 saturated heterocycles. The lowest BCUT2D eigenvalue weighted by molar-refractivity contribution is 0.632. The number of hydrogen-bond donors (Lipinski definition) is 0. The molecule has 0 atom stereocenters. The fraction of sp³-hybridized carbons (Fsp3) is 0.0625. The van der Waals surface area contributed by atoms with Gasteiger partial charge < -0.3 is 9.47 Å². The Kier molecular flexibility index (Phi) is 7.23. The quantitative estimate of drug-likeness (QED) is 0.174. The van der Waals surface area contributed by atoms with Gasteiger partial charge in [-0.2, -0.15) is 10.5 Å². The van der Waals surface area contributed by atoms with Gasteiger partial charge in [0.1, 0.15) is 0 Å². The minimum absolute atomic E-state index is 0.220. The van der Waals surface area contributed by atoms with E-state index in [0.29, 0.717) is 16.7 Å². The Hall–Kier alpha value is -7.39. The molecular formula is C48H31N5. The van der Waals surface area contributed by atoms with Gasteiger partial charge in [0.05, 0.1) is 52.2 Å². The maximum atomic E-state index is 10.3. The van der Waals surface area contributed by atoms with Crippen molar-refractivity contribution in [3.63, 3.8) is 0 Å². The van der Waals surface area contributed by atoms with Crippen molar-refractivity contribution in [1.29, 1.82) is 10.5 Å². The number of anilines is 3. The highest BCUT2D eigenvalue weighted by Crippen LogP contribution is 2.53. The van der Waals surface area contributed by atoms with Crippen LogP contribution in [0.2, 0.25) is 0 Å². The largest absolute Gasteiger partial charge is 0.310 e. The zero-order valence-corrected chi connectivity index (χ0v) is 29.2. The van der Waals surface area contributed by atoms with Crippen LogP contribution in [0, 0.1) is 29.2 Å². The summed E-state index contributed by atoms with van der Waals surface area (Å²) in [6.45, 7) is 12.2. The fourth-order valence-corrected chi connectivity index (χ4v) is 8.27. The molecule has 0 amide bonds. The van der Waals surface area contributed by atoms with Gasteiger partial charge in [-0.25, -0.2) is 4.85 Å². The Morgan fingerprint density at radius 2 is 1.06 bits per heavy atom. The zero-order valence-electron chi connectivity index (χ0n) is 29.2. The Morgan fingerprint density at radius 1 is 0.566 bits per heavy atom. The van der Waals surface area contributed by atoms with Gasteiger partial charge in [0, 0.05) is 33.1 Å². The van der Waals surface area contributed by atoms with Gasteiger partial charge in [-0.05, 0) is 82.4 Å². The molecule has 248 valence electrons. The van der Waals surface area contributed by atoms with E-state index in [1.165, 1.54) is 21.9 Å². The van der Waals surface area contributed by atoms with Crippen molar-refractivity contribution in [2.75, 3.05) is 4.90 Å². The molecule has 0 bridgehead atoms. The van der Waals surface area contributed by atoms with Gasteiger partial charge in [0.25, 0.3) is 0 Å². The molecule has 1 aromatic heterocycles. The van der Waals surface area contributed by atoms with Crippen molar-refractivity contribution in [2.45, 2.75) is 19.3 Å². The van der Waals surface area contributed by atoms with Crippen molar-refractivity contribution < 1.29 is 0 Å². The smallest absolute Gasteiger partial charge is 0.189 e.